The molecule has 1 aromatic carbocycles. The predicted octanol–water partition coefficient (Wildman–Crippen LogP) is 2.67. The van der Waals surface area contributed by atoms with Crippen molar-refractivity contribution in [2.24, 2.45) is 0 Å². The van der Waals surface area contributed by atoms with Gasteiger partial charge in [0.05, 0.1) is 17.8 Å². The van der Waals surface area contributed by atoms with Gasteiger partial charge in [-0.2, -0.15) is 5.10 Å². The van der Waals surface area contributed by atoms with Gasteiger partial charge in [0.15, 0.2) is 0 Å². The lowest BCUT2D eigenvalue weighted by molar-refractivity contribution is 0.121. The molecular weight excluding hydrogens is 226 g/mol. The third-order valence-corrected chi connectivity index (χ3v) is 3.40. The summed E-state index contributed by atoms with van der Waals surface area (Å²) in [5, 5.41) is 10.5. The largest absolute Gasteiger partial charge is 0.380 e. The van der Waals surface area contributed by atoms with Crippen LogP contribution in [0.15, 0.2) is 36.5 Å². The third kappa shape index (κ3) is 2.24. The summed E-state index contributed by atoms with van der Waals surface area (Å²) in [6.07, 6.45) is 3.11. The zero-order valence-corrected chi connectivity index (χ0v) is 10.4. The Balaban J connectivity index is 1.79. The Hall–Kier alpha value is -1.81. The fourth-order valence-electron chi connectivity index (χ4n) is 2.33. The third-order valence-electron chi connectivity index (χ3n) is 3.40. The van der Waals surface area contributed by atoms with Crippen molar-refractivity contribution in [3.63, 3.8) is 0 Å². The monoisotopic (exact) mass is 243 g/mol. The van der Waals surface area contributed by atoms with E-state index in [1.54, 1.807) is 6.20 Å². The van der Waals surface area contributed by atoms with Crippen molar-refractivity contribution in [2.75, 3.05) is 11.9 Å². The summed E-state index contributed by atoms with van der Waals surface area (Å²) in [6.45, 7) is 2.96. The normalized spacial score (nSPS) is 23.2. The highest BCUT2D eigenvalue weighted by molar-refractivity contribution is 5.64. The molecule has 2 N–H and O–H groups in total. The number of H-pyrrole nitrogens is 1. The van der Waals surface area contributed by atoms with Gasteiger partial charge in [0.2, 0.25) is 0 Å². The predicted molar refractivity (Wildman–Crippen MR) is 71.5 cm³/mol. The van der Waals surface area contributed by atoms with Gasteiger partial charge >= 0.3 is 0 Å². The number of ether oxygens (including phenoxy) is 1. The minimum Gasteiger partial charge on any atom is -0.380 e. The number of hydrogen-bond donors (Lipinski definition) is 2. The van der Waals surface area contributed by atoms with Crippen molar-refractivity contribution in [2.45, 2.75) is 25.5 Å². The second-order valence-corrected chi connectivity index (χ2v) is 4.67. The fourth-order valence-corrected chi connectivity index (χ4v) is 2.33. The van der Waals surface area contributed by atoms with Crippen LogP contribution in [0.25, 0.3) is 11.3 Å². The van der Waals surface area contributed by atoms with Crippen LogP contribution in [0.3, 0.4) is 0 Å². The summed E-state index contributed by atoms with van der Waals surface area (Å²) >= 11 is 0. The molecule has 2 unspecified atom stereocenters. The molecule has 4 heteroatoms. The van der Waals surface area contributed by atoms with Crippen molar-refractivity contribution in [1.82, 2.24) is 10.2 Å². The van der Waals surface area contributed by atoms with Crippen LogP contribution in [0.5, 0.6) is 0 Å². The molecule has 0 spiro atoms. The summed E-state index contributed by atoms with van der Waals surface area (Å²) in [7, 11) is 0. The quantitative estimate of drug-likeness (QED) is 0.871. The molecule has 1 aliphatic rings. The number of hydrogen-bond acceptors (Lipinski definition) is 3. The fraction of sp³-hybridized carbons (Fsp3) is 0.357. The van der Waals surface area contributed by atoms with E-state index in [2.05, 4.69) is 46.7 Å². The summed E-state index contributed by atoms with van der Waals surface area (Å²) in [5.74, 6) is 0. The molecule has 0 radical (unpaired) electrons. The number of anilines is 1. The van der Waals surface area contributed by atoms with Crippen LogP contribution in [-0.4, -0.2) is 29.0 Å². The van der Waals surface area contributed by atoms with Gasteiger partial charge < -0.3 is 10.1 Å². The Morgan fingerprint density at radius 1 is 1.39 bits per heavy atom. The van der Waals surface area contributed by atoms with E-state index in [0.29, 0.717) is 6.04 Å². The molecule has 94 valence electrons. The molecule has 0 amide bonds. The van der Waals surface area contributed by atoms with E-state index in [1.165, 1.54) is 0 Å². The lowest BCUT2D eigenvalue weighted by atomic mass is 10.1. The van der Waals surface area contributed by atoms with Crippen LogP contribution in [0.1, 0.15) is 13.3 Å². The standard InChI is InChI=1S/C14H17N3O/c1-10-13(6-8-18-10)16-12-4-2-3-11(9-12)14-5-7-15-17-14/h2-5,7,9-10,13,16H,6,8H2,1H3,(H,15,17). The molecule has 4 nitrogen and oxygen atoms in total. The molecule has 0 saturated carbocycles. The molecule has 1 aromatic heterocycles. The number of aromatic nitrogens is 2. The summed E-state index contributed by atoms with van der Waals surface area (Å²) in [5.41, 5.74) is 3.31. The maximum absolute atomic E-state index is 5.56. The molecule has 1 aliphatic heterocycles. The van der Waals surface area contributed by atoms with E-state index in [9.17, 15) is 0 Å². The zero-order chi connectivity index (χ0) is 12.4. The highest BCUT2D eigenvalue weighted by atomic mass is 16.5. The Bertz CT molecular complexity index is 510. The molecular formula is C14H17N3O. The van der Waals surface area contributed by atoms with E-state index >= 15 is 0 Å². The lowest BCUT2D eigenvalue weighted by Crippen LogP contribution is -2.26. The molecule has 3 rings (SSSR count). The molecule has 1 saturated heterocycles. The summed E-state index contributed by atoms with van der Waals surface area (Å²) < 4.78 is 5.56. The molecule has 0 aliphatic carbocycles. The zero-order valence-electron chi connectivity index (χ0n) is 10.4. The van der Waals surface area contributed by atoms with Gasteiger partial charge in [0, 0.05) is 24.1 Å². The maximum Gasteiger partial charge on any atom is 0.0748 e. The SMILES string of the molecule is CC1OCCC1Nc1cccc(-c2ccn[nH]2)c1. The number of rotatable bonds is 3. The molecule has 2 atom stereocenters. The van der Waals surface area contributed by atoms with E-state index < -0.39 is 0 Å². The number of aromatic amines is 1. The van der Waals surface area contributed by atoms with Gasteiger partial charge in [-0.25, -0.2) is 0 Å². The van der Waals surface area contributed by atoms with Crippen LogP contribution < -0.4 is 5.32 Å². The number of benzene rings is 1. The van der Waals surface area contributed by atoms with Crippen LogP contribution in [0, 0.1) is 0 Å². The average molecular weight is 243 g/mol. The maximum atomic E-state index is 5.56. The van der Waals surface area contributed by atoms with Gasteiger partial charge in [-0.3, -0.25) is 5.10 Å². The molecule has 18 heavy (non-hydrogen) atoms. The van der Waals surface area contributed by atoms with Gasteiger partial charge in [-0.15, -0.1) is 0 Å². The first-order valence-electron chi connectivity index (χ1n) is 6.31. The molecule has 0 bridgehead atoms. The van der Waals surface area contributed by atoms with E-state index in [0.717, 1.165) is 30.0 Å². The van der Waals surface area contributed by atoms with Crippen molar-refractivity contribution in [1.29, 1.82) is 0 Å². The summed E-state index contributed by atoms with van der Waals surface area (Å²) in [6, 6.07) is 10.7. The highest BCUT2D eigenvalue weighted by Crippen LogP contribution is 2.23. The smallest absolute Gasteiger partial charge is 0.0748 e. The van der Waals surface area contributed by atoms with Crippen LogP contribution in [0.2, 0.25) is 0 Å². The van der Waals surface area contributed by atoms with Gasteiger partial charge in [-0.1, -0.05) is 12.1 Å². The van der Waals surface area contributed by atoms with Gasteiger partial charge in [0.1, 0.15) is 0 Å². The minimum atomic E-state index is 0.279. The van der Waals surface area contributed by atoms with Crippen LogP contribution in [-0.2, 0) is 4.74 Å². The van der Waals surface area contributed by atoms with Crippen molar-refractivity contribution in [3.05, 3.63) is 36.5 Å². The van der Waals surface area contributed by atoms with Crippen molar-refractivity contribution < 1.29 is 4.74 Å². The van der Waals surface area contributed by atoms with Gasteiger partial charge in [0.25, 0.3) is 0 Å². The first-order chi connectivity index (χ1) is 8.83. The molecule has 1 fully saturated rings. The van der Waals surface area contributed by atoms with Crippen LogP contribution in [0.4, 0.5) is 5.69 Å². The van der Waals surface area contributed by atoms with Crippen LogP contribution >= 0.6 is 0 Å². The highest BCUT2D eigenvalue weighted by Gasteiger charge is 2.23. The van der Waals surface area contributed by atoms with Gasteiger partial charge in [-0.05, 0) is 31.5 Å². The Kier molecular flexibility index (Phi) is 3.02. The Morgan fingerprint density at radius 3 is 3.06 bits per heavy atom. The van der Waals surface area contributed by atoms with E-state index in [-0.39, 0.29) is 6.10 Å². The first kappa shape index (κ1) is 11.3. The summed E-state index contributed by atoms with van der Waals surface area (Å²) in [4.78, 5) is 0. The van der Waals surface area contributed by atoms with E-state index in [4.69, 9.17) is 4.74 Å². The molecule has 2 aromatic rings. The minimum absolute atomic E-state index is 0.279. The second-order valence-electron chi connectivity index (χ2n) is 4.67. The Labute approximate surface area is 106 Å². The average Bonchev–Trinajstić information content (AvgIpc) is 3.02. The van der Waals surface area contributed by atoms with Crippen molar-refractivity contribution in [3.8, 4) is 11.3 Å². The topological polar surface area (TPSA) is 49.9 Å². The Morgan fingerprint density at radius 2 is 2.33 bits per heavy atom. The van der Waals surface area contributed by atoms with E-state index in [1.807, 2.05) is 6.07 Å². The second kappa shape index (κ2) is 4.82. The number of nitrogens with one attached hydrogen (secondary N) is 2. The first-order valence-corrected chi connectivity index (χ1v) is 6.31. The molecule has 2 heterocycles. The lowest BCUT2D eigenvalue weighted by Gasteiger charge is -2.17. The van der Waals surface area contributed by atoms with Crippen molar-refractivity contribution >= 4 is 5.69 Å². The number of nitrogens with zero attached hydrogens (tertiary/aromatic N) is 1.